The van der Waals surface area contributed by atoms with E-state index in [0.29, 0.717) is 12.0 Å². The minimum Gasteiger partial charge on any atom is -0.275 e. The number of rotatable bonds is 4. The van der Waals surface area contributed by atoms with Crippen LogP contribution in [0, 0.1) is 5.82 Å². The van der Waals surface area contributed by atoms with Crippen LogP contribution in [0.5, 0.6) is 0 Å². The van der Waals surface area contributed by atoms with Crippen LogP contribution in [0.2, 0.25) is 0 Å². The zero-order chi connectivity index (χ0) is 20.6. The molecule has 1 aromatic heterocycles. The second-order valence-electron chi connectivity index (χ2n) is 7.62. The van der Waals surface area contributed by atoms with Crippen LogP contribution in [-0.2, 0) is 23.6 Å². The maximum absolute atomic E-state index is 14.8. The molecule has 5 nitrogen and oxygen atoms in total. The average Bonchev–Trinajstić information content (AvgIpc) is 3.13. The quantitative estimate of drug-likeness (QED) is 0.641. The van der Waals surface area contributed by atoms with Crippen LogP contribution < -0.4 is 0 Å². The molecule has 152 valence electrons. The van der Waals surface area contributed by atoms with E-state index in [-0.39, 0.29) is 12.6 Å². The number of benzene rings is 2. The van der Waals surface area contributed by atoms with Crippen molar-refractivity contribution in [2.75, 3.05) is 0 Å². The Balaban J connectivity index is 1.62. The Hall–Kier alpha value is -2.51. The largest absolute Gasteiger partial charge is 0.275 e. The number of halogens is 1. The Labute approximate surface area is 170 Å². The van der Waals surface area contributed by atoms with Gasteiger partial charge in [0.25, 0.3) is 0 Å². The molecule has 1 unspecified atom stereocenters. The van der Waals surface area contributed by atoms with E-state index in [4.69, 9.17) is 0 Å². The summed E-state index contributed by atoms with van der Waals surface area (Å²) in [6.45, 7) is 1.92. The molecule has 7 heteroatoms. The van der Waals surface area contributed by atoms with Crippen LogP contribution in [0.3, 0.4) is 0 Å². The van der Waals surface area contributed by atoms with Crippen molar-refractivity contribution in [1.29, 1.82) is 0 Å². The molecule has 0 saturated carbocycles. The fraction of sp³-hybridized carbons (Fsp3) is 0.318. The van der Waals surface area contributed by atoms with Crippen molar-refractivity contribution in [3.05, 3.63) is 77.9 Å². The first-order valence-electron chi connectivity index (χ1n) is 9.69. The Morgan fingerprint density at radius 1 is 1.10 bits per heavy atom. The van der Waals surface area contributed by atoms with Crippen molar-refractivity contribution in [3.8, 4) is 11.1 Å². The van der Waals surface area contributed by atoms with E-state index in [0.717, 1.165) is 23.1 Å². The maximum atomic E-state index is 14.8. The summed E-state index contributed by atoms with van der Waals surface area (Å²) in [7, 11) is -1.78. The normalized spacial score (nSPS) is 21.9. The van der Waals surface area contributed by atoms with Crippen molar-refractivity contribution >= 4 is 10.0 Å². The molecule has 4 rings (SSSR count). The molecule has 1 fully saturated rings. The van der Waals surface area contributed by atoms with E-state index in [1.807, 2.05) is 49.5 Å². The van der Waals surface area contributed by atoms with Gasteiger partial charge in [0.1, 0.15) is 11.1 Å². The van der Waals surface area contributed by atoms with Crippen LogP contribution in [-0.4, -0.2) is 28.5 Å². The molecule has 0 amide bonds. The van der Waals surface area contributed by atoms with E-state index >= 15 is 0 Å². The highest BCUT2D eigenvalue weighted by Gasteiger charge is 2.40. The lowest BCUT2D eigenvalue weighted by molar-refractivity contribution is 0.279. The molecule has 2 aromatic carbocycles. The van der Waals surface area contributed by atoms with Crippen LogP contribution in [0.4, 0.5) is 4.39 Å². The molecule has 1 aliphatic rings. The van der Waals surface area contributed by atoms with Crippen molar-refractivity contribution in [1.82, 2.24) is 14.1 Å². The number of aromatic nitrogens is 2. The van der Waals surface area contributed by atoms with Gasteiger partial charge < -0.3 is 0 Å². The van der Waals surface area contributed by atoms with Crippen LogP contribution >= 0.6 is 0 Å². The van der Waals surface area contributed by atoms with Crippen molar-refractivity contribution in [2.45, 2.75) is 37.6 Å². The van der Waals surface area contributed by atoms with Crippen molar-refractivity contribution in [3.63, 3.8) is 0 Å². The first-order valence-corrected chi connectivity index (χ1v) is 11.2. The molecule has 2 heterocycles. The average molecular weight is 414 g/mol. The number of aryl methyl sites for hydroxylation is 1. The van der Waals surface area contributed by atoms with Crippen molar-refractivity contribution < 1.29 is 12.8 Å². The SMILES string of the molecule is C[C@H]1CCC(c2ccccc2)S(=O)(=O)N1Cc1ccc(-c2cnn(C)c2)cc1F. The van der Waals surface area contributed by atoms with E-state index in [1.54, 1.807) is 24.0 Å². The third-order valence-electron chi connectivity index (χ3n) is 5.61. The number of sulfonamides is 1. The van der Waals surface area contributed by atoms with E-state index in [9.17, 15) is 12.8 Å². The first kappa shape index (κ1) is 19.8. The van der Waals surface area contributed by atoms with Gasteiger partial charge in [-0.1, -0.05) is 42.5 Å². The minimum atomic E-state index is -3.59. The Morgan fingerprint density at radius 3 is 2.52 bits per heavy atom. The predicted octanol–water partition coefficient (Wildman–Crippen LogP) is 4.28. The molecule has 3 aromatic rings. The minimum absolute atomic E-state index is 0.0337. The molecule has 0 aliphatic carbocycles. The standard InChI is InChI=1S/C22H24FN3O2S/c1-16-8-11-22(17-6-4-3-5-7-17)29(27,28)26(16)15-19-10-9-18(12-21(19)23)20-13-24-25(2)14-20/h3-7,9-10,12-14,16,22H,8,11,15H2,1-2H3/t16-,22?/m0/s1. The van der Waals surface area contributed by atoms with Gasteiger partial charge in [-0.2, -0.15) is 9.40 Å². The van der Waals surface area contributed by atoms with Gasteiger partial charge in [-0.15, -0.1) is 0 Å². The molecule has 0 radical (unpaired) electrons. The van der Waals surface area contributed by atoms with E-state index in [1.165, 1.54) is 10.4 Å². The summed E-state index contributed by atoms with van der Waals surface area (Å²) in [5, 5.41) is 3.53. The smallest absolute Gasteiger partial charge is 0.221 e. The zero-order valence-corrected chi connectivity index (χ0v) is 17.3. The molecule has 29 heavy (non-hydrogen) atoms. The predicted molar refractivity (Wildman–Crippen MR) is 111 cm³/mol. The van der Waals surface area contributed by atoms with Crippen LogP contribution in [0.25, 0.3) is 11.1 Å². The van der Waals surface area contributed by atoms with Gasteiger partial charge >= 0.3 is 0 Å². The third-order valence-corrected chi connectivity index (χ3v) is 7.98. The summed E-state index contributed by atoms with van der Waals surface area (Å²) >= 11 is 0. The van der Waals surface area contributed by atoms with Gasteiger partial charge in [0, 0.05) is 37.0 Å². The highest BCUT2D eigenvalue weighted by molar-refractivity contribution is 7.89. The summed E-state index contributed by atoms with van der Waals surface area (Å²) in [5.74, 6) is -0.407. The Bertz CT molecular complexity index is 1110. The highest BCUT2D eigenvalue weighted by atomic mass is 32.2. The number of hydrogen-bond acceptors (Lipinski definition) is 3. The topological polar surface area (TPSA) is 55.2 Å². The molecular weight excluding hydrogens is 389 g/mol. The van der Waals surface area contributed by atoms with Gasteiger partial charge in [-0.25, -0.2) is 12.8 Å². The summed E-state index contributed by atoms with van der Waals surface area (Å²) in [6.07, 6.45) is 4.81. The molecule has 2 atom stereocenters. The number of nitrogens with zero attached hydrogens (tertiary/aromatic N) is 3. The molecule has 0 N–H and O–H groups in total. The maximum Gasteiger partial charge on any atom is 0.221 e. The molecule has 1 saturated heterocycles. The van der Waals surface area contributed by atoms with Crippen molar-refractivity contribution in [2.24, 2.45) is 7.05 Å². The lowest BCUT2D eigenvalue weighted by atomic mass is 10.0. The lowest BCUT2D eigenvalue weighted by Gasteiger charge is -2.37. The second kappa shape index (κ2) is 7.72. The summed E-state index contributed by atoms with van der Waals surface area (Å²) in [6, 6.07) is 14.0. The molecule has 1 aliphatic heterocycles. The zero-order valence-electron chi connectivity index (χ0n) is 16.5. The van der Waals surface area contributed by atoms with Crippen LogP contribution in [0.1, 0.15) is 36.1 Å². The van der Waals surface area contributed by atoms with Gasteiger partial charge in [-0.3, -0.25) is 4.68 Å². The van der Waals surface area contributed by atoms with Gasteiger partial charge in [0.2, 0.25) is 10.0 Å². The second-order valence-corrected chi connectivity index (χ2v) is 9.69. The molecular formula is C22H24FN3O2S. The van der Waals surface area contributed by atoms with E-state index < -0.39 is 21.1 Å². The monoisotopic (exact) mass is 413 g/mol. The van der Waals surface area contributed by atoms with Gasteiger partial charge in [-0.05, 0) is 37.0 Å². The Morgan fingerprint density at radius 2 is 1.86 bits per heavy atom. The third kappa shape index (κ3) is 3.84. The summed E-state index contributed by atoms with van der Waals surface area (Å²) in [5.41, 5.74) is 2.70. The van der Waals surface area contributed by atoms with Gasteiger partial charge in [0.05, 0.1) is 6.20 Å². The van der Waals surface area contributed by atoms with E-state index in [2.05, 4.69) is 5.10 Å². The lowest BCUT2D eigenvalue weighted by Crippen LogP contribution is -2.44. The fourth-order valence-corrected chi connectivity index (χ4v) is 6.13. The summed E-state index contributed by atoms with van der Waals surface area (Å²) < 4.78 is 44.6. The number of hydrogen-bond donors (Lipinski definition) is 0. The van der Waals surface area contributed by atoms with Crippen LogP contribution in [0.15, 0.2) is 60.9 Å². The Kier molecular flexibility index (Phi) is 5.27. The van der Waals surface area contributed by atoms with Gasteiger partial charge in [0.15, 0.2) is 0 Å². The highest BCUT2D eigenvalue weighted by Crippen LogP contribution is 2.38. The fourth-order valence-electron chi connectivity index (χ4n) is 3.95. The molecule has 0 bridgehead atoms. The summed E-state index contributed by atoms with van der Waals surface area (Å²) in [4.78, 5) is 0. The first-order chi connectivity index (χ1) is 13.9. The molecule has 0 spiro atoms.